The molecule has 0 aliphatic heterocycles. The lowest BCUT2D eigenvalue weighted by molar-refractivity contribution is 0.100. The van der Waals surface area contributed by atoms with Crippen molar-refractivity contribution in [1.29, 1.82) is 0 Å². The van der Waals surface area contributed by atoms with Gasteiger partial charge in [0.25, 0.3) is 0 Å². The van der Waals surface area contributed by atoms with Crippen LogP contribution in [-0.2, 0) is 0 Å². The van der Waals surface area contributed by atoms with E-state index in [1.165, 1.54) is 11.3 Å². The van der Waals surface area contributed by atoms with Crippen molar-refractivity contribution in [2.24, 2.45) is 5.73 Å². The van der Waals surface area contributed by atoms with E-state index in [2.05, 4.69) is 15.3 Å². The van der Waals surface area contributed by atoms with Gasteiger partial charge in [-0.05, 0) is 44.2 Å². The van der Waals surface area contributed by atoms with Crippen LogP contribution in [0.25, 0.3) is 11.4 Å². The zero-order chi connectivity index (χ0) is 17.8. The molecule has 7 heteroatoms. The molecule has 0 saturated heterocycles. The lowest BCUT2D eigenvalue weighted by Crippen LogP contribution is -2.12. The van der Waals surface area contributed by atoms with E-state index in [9.17, 15) is 4.79 Å². The van der Waals surface area contributed by atoms with E-state index < -0.39 is 5.91 Å². The van der Waals surface area contributed by atoms with E-state index in [1.807, 2.05) is 37.4 Å². The number of hydrogen-bond donors (Lipinski definition) is 2. The number of aromatic nitrogens is 2. The molecule has 6 nitrogen and oxygen atoms in total. The first kappa shape index (κ1) is 16.9. The van der Waals surface area contributed by atoms with Gasteiger partial charge in [-0.15, -0.1) is 11.3 Å². The zero-order valence-electron chi connectivity index (χ0n) is 13.9. The van der Waals surface area contributed by atoms with Gasteiger partial charge in [-0.3, -0.25) is 9.78 Å². The second-order valence-corrected chi connectivity index (χ2v) is 6.48. The van der Waals surface area contributed by atoms with Gasteiger partial charge in [0.2, 0.25) is 5.91 Å². The maximum Gasteiger partial charge on any atom is 0.248 e. The average Bonchev–Trinajstić information content (AvgIpc) is 3.05. The first-order valence-corrected chi connectivity index (χ1v) is 8.65. The van der Waals surface area contributed by atoms with Crippen LogP contribution in [0.1, 0.15) is 24.2 Å². The number of benzene rings is 1. The first-order valence-electron chi connectivity index (χ1n) is 7.77. The Morgan fingerprint density at radius 2 is 2.08 bits per heavy atom. The molecular formula is C18H18N4O2S. The van der Waals surface area contributed by atoms with Crippen LogP contribution in [0.4, 0.5) is 10.8 Å². The van der Waals surface area contributed by atoms with Crippen molar-refractivity contribution >= 4 is 28.1 Å². The van der Waals surface area contributed by atoms with Crippen LogP contribution in [0.15, 0.2) is 48.0 Å². The fourth-order valence-corrected chi connectivity index (χ4v) is 2.93. The number of pyridine rings is 1. The van der Waals surface area contributed by atoms with Crippen molar-refractivity contribution in [3.05, 3.63) is 53.5 Å². The van der Waals surface area contributed by atoms with E-state index in [0.717, 1.165) is 11.4 Å². The quantitative estimate of drug-likeness (QED) is 0.702. The Labute approximate surface area is 149 Å². The summed E-state index contributed by atoms with van der Waals surface area (Å²) in [6.45, 7) is 3.88. The number of nitrogens with one attached hydrogen (secondary N) is 1. The molecule has 0 atom stereocenters. The van der Waals surface area contributed by atoms with Gasteiger partial charge in [0.15, 0.2) is 5.13 Å². The molecule has 0 fully saturated rings. The Hall–Kier alpha value is -2.93. The number of carbonyl (C=O) groups is 1. The summed E-state index contributed by atoms with van der Waals surface area (Å²) in [5.41, 5.74) is 8.01. The van der Waals surface area contributed by atoms with Crippen molar-refractivity contribution in [2.75, 3.05) is 5.32 Å². The van der Waals surface area contributed by atoms with Gasteiger partial charge in [-0.25, -0.2) is 4.98 Å². The minimum Gasteiger partial charge on any atom is -0.489 e. The summed E-state index contributed by atoms with van der Waals surface area (Å²) in [4.78, 5) is 20.3. The van der Waals surface area contributed by atoms with Crippen molar-refractivity contribution in [3.8, 4) is 17.1 Å². The molecule has 0 bridgehead atoms. The van der Waals surface area contributed by atoms with Gasteiger partial charge in [0.05, 0.1) is 17.5 Å². The summed E-state index contributed by atoms with van der Waals surface area (Å²) in [6.07, 6.45) is 1.73. The van der Waals surface area contributed by atoms with Crippen LogP contribution in [0.5, 0.6) is 5.75 Å². The van der Waals surface area contributed by atoms with Gasteiger partial charge in [-0.2, -0.15) is 0 Å². The van der Waals surface area contributed by atoms with E-state index in [4.69, 9.17) is 10.5 Å². The molecule has 0 saturated carbocycles. The van der Waals surface area contributed by atoms with E-state index in [1.54, 1.807) is 24.4 Å². The van der Waals surface area contributed by atoms with E-state index in [0.29, 0.717) is 22.1 Å². The third-order valence-electron chi connectivity index (χ3n) is 3.30. The molecule has 0 spiro atoms. The Morgan fingerprint density at radius 1 is 1.24 bits per heavy atom. The SMILES string of the molecule is CC(C)Oc1ccc(C(N)=O)cc1Nc1nc(-c2ccccn2)cs1. The summed E-state index contributed by atoms with van der Waals surface area (Å²) in [6, 6.07) is 10.7. The maximum absolute atomic E-state index is 11.5. The highest BCUT2D eigenvalue weighted by Gasteiger charge is 2.12. The minimum absolute atomic E-state index is 0.000327. The fourth-order valence-electron chi connectivity index (χ4n) is 2.22. The number of primary amides is 1. The number of ether oxygens (including phenoxy) is 1. The van der Waals surface area contributed by atoms with Crippen molar-refractivity contribution < 1.29 is 9.53 Å². The van der Waals surface area contributed by atoms with Crippen LogP contribution < -0.4 is 15.8 Å². The molecule has 3 aromatic rings. The number of carbonyl (C=O) groups excluding carboxylic acids is 1. The molecule has 0 aliphatic carbocycles. The van der Waals surface area contributed by atoms with Crippen LogP contribution in [0.2, 0.25) is 0 Å². The predicted octanol–water partition coefficient (Wildman–Crippen LogP) is 3.83. The predicted molar refractivity (Wildman–Crippen MR) is 99.4 cm³/mol. The summed E-state index contributed by atoms with van der Waals surface area (Å²) in [5.74, 6) is 0.141. The summed E-state index contributed by atoms with van der Waals surface area (Å²) < 4.78 is 5.79. The van der Waals surface area contributed by atoms with Crippen molar-refractivity contribution in [1.82, 2.24) is 9.97 Å². The Kier molecular flexibility index (Phi) is 4.95. The molecule has 3 N–H and O–H groups in total. The van der Waals surface area contributed by atoms with Gasteiger partial charge in [0, 0.05) is 17.1 Å². The van der Waals surface area contributed by atoms with Crippen LogP contribution in [0, 0.1) is 0 Å². The highest BCUT2D eigenvalue weighted by molar-refractivity contribution is 7.14. The van der Waals surface area contributed by atoms with Gasteiger partial charge >= 0.3 is 0 Å². The van der Waals surface area contributed by atoms with Gasteiger partial charge < -0.3 is 15.8 Å². The highest BCUT2D eigenvalue weighted by atomic mass is 32.1. The molecule has 128 valence electrons. The van der Waals surface area contributed by atoms with Crippen molar-refractivity contribution in [2.45, 2.75) is 20.0 Å². The van der Waals surface area contributed by atoms with Gasteiger partial charge in [-0.1, -0.05) is 6.07 Å². The van der Waals surface area contributed by atoms with E-state index >= 15 is 0 Å². The molecule has 0 radical (unpaired) electrons. The maximum atomic E-state index is 11.5. The molecule has 2 heterocycles. The Morgan fingerprint density at radius 3 is 2.76 bits per heavy atom. The topological polar surface area (TPSA) is 90.1 Å². The van der Waals surface area contributed by atoms with Gasteiger partial charge in [0.1, 0.15) is 11.4 Å². The monoisotopic (exact) mass is 354 g/mol. The summed E-state index contributed by atoms with van der Waals surface area (Å²) >= 11 is 1.45. The third kappa shape index (κ3) is 4.13. The Bertz CT molecular complexity index is 878. The summed E-state index contributed by atoms with van der Waals surface area (Å²) in [7, 11) is 0. The molecule has 0 unspecified atom stereocenters. The molecule has 1 aromatic carbocycles. The summed E-state index contributed by atoms with van der Waals surface area (Å²) in [5, 5.41) is 5.81. The second kappa shape index (κ2) is 7.31. The van der Waals surface area contributed by atoms with Crippen molar-refractivity contribution in [3.63, 3.8) is 0 Å². The third-order valence-corrected chi connectivity index (χ3v) is 4.06. The number of hydrogen-bond acceptors (Lipinski definition) is 6. The number of amides is 1. The number of anilines is 2. The van der Waals surface area contributed by atoms with Crippen LogP contribution in [0.3, 0.4) is 0 Å². The smallest absolute Gasteiger partial charge is 0.248 e. The van der Waals surface area contributed by atoms with Crippen LogP contribution in [-0.4, -0.2) is 22.0 Å². The molecular weight excluding hydrogens is 336 g/mol. The molecule has 3 rings (SSSR count). The normalized spacial score (nSPS) is 10.7. The largest absolute Gasteiger partial charge is 0.489 e. The zero-order valence-corrected chi connectivity index (χ0v) is 14.7. The molecule has 1 amide bonds. The molecule has 2 aromatic heterocycles. The molecule has 25 heavy (non-hydrogen) atoms. The number of nitrogens with two attached hydrogens (primary N) is 1. The number of nitrogens with zero attached hydrogens (tertiary/aromatic N) is 2. The minimum atomic E-state index is -0.493. The lowest BCUT2D eigenvalue weighted by Gasteiger charge is -2.15. The Balaban J connectivity index is 1.90. The highest BCUT2D eigenvalue weighted by Crippen LogP contribution is 2.32. The van der Waals surface area contributed by atoms with E-state index in [-0.39, 0.29) is 6.10 Å². The first-order chi connectivity index (χ1) is 12.0. The number of thiazole rings is 1. The standard InChI is InChI=1S/C18H18N4O2S/c1-11(2)24-16-7-6-12(17(19)23)9-14(16)21-18-22-15(10-25-18)13-5-3-4-8-20-13/h3-11H,1-2H3,(H2,19,23)(H,21,22). The van der Waals surface area contributed by atoms with Crippen LogP contribution >= 0.6 is 11.3 Å². The molecule has 0 aliphatic rings. The number of rotatable bonds is 6. The average molecular weight is 354 g/mol. The fraction of sp³-hybridized carbons (Fsp3) is 0.167. The lowest BCUT2D eigenvalue weighted by atomic mass is 10.1. The second-order valence-electron chi connectivity index (χ2n) is 5.62.